The molecule has 0 saturated carbocycles. The number of rotatable bonds is 14. The van der Waals surface area contributed by atoms with Crippen molar-refractivity contribution < 1.29 is 33.4 Å². The van der Waals surface area contributed by atoms with Crippen LogP contribution < -0.4 is 16.0 Å². The first-order valence-electron chi connectivity index (χ1n) is 11.8. The van der Waals surface area contributed by atoms with Gasteiger partial charge in [0.15, 0.2) is 0 Å². The van der Waals surface area contributed by atoms with Crippen molar-refractivity contribution in [2.75, 3.05) is 19.7 Å². The fraction of sp³-hybridized carbons (Fsp3) is 0.385. The van der Waals surface area contributed by atoms with Crippen molar-refractivity contribution in [2.24, 2.45) is 0 Å². The van der Waals surface area contributed by atoms with Gasteiger partial charge in [-0.15, -0.1) is 0 Å². The molecule has 3 amide bonds. The van der Waals surface area contributed by atoms with E-state index in [-0.39, 0.29) is 32.8 Å². The van der Waals surface area contributed by atoms with Gasteiger partial charge in [0.25, 0.3) is 0 Å². The van der Waals surface area contributed by atoms with Crippen molar-refractivity contribution >= 4 is 24.1 Å². The smallest absolute Gasteiger partial charge is 0.408 e. The van der Waals surface area contributed by atoms with Gasteiger partial charge < -0.3 is 30.2 Å². The Morgan fingerprint density at radius 1 is 0.750 bits per heavy atom. The predicted octanol–water partition coefficient (Wildman–Crippen LogP) is 3.06. The summed E-state index contributed by atoms with van der Waals surface area (Å²) < 4.78 is 15.2. The summed E-state index contributed by atoms with van der Waals surface area (Å²) in [6.45, 7) is 2.12. The van der Waals surface area contributed by atoms with Crippen LogP contribution in [0.1, 0.15) is 37.3 Å². The first-order valence-corrected chi connectivity index (χ1v) is 11.8. The van der Waals surface area contributed by atoms with E-state index in [4.69, 9.17) is 14.2 Å². The molecule has 10 nitrogen and oxygen atoms in total. The van der Waals surface area contributed by atoms with Gasteiger partial charge in [-0.05, 0) is 37.3 Å². The Morgan fingerprint density at radius 3 is 1.92 bits per heavy atom. The molecule has 0 bridgehead atoms. The number of unbranched alkanes of at least 4 members (excludes halogenated alkanes) is 1. The van der Waals surface area contributed by atoms with Gasteiger partial charge in [-0.3, -0.25) is 9.59 Å². The minimum Gasteiger partial charge on any atom is -0.465 e. The number of esters is 1. The van der Waals surface area contributed by atoms with Gasteiger partial charge >= 0.3 is 18.2 Å². The Bertz CT molecular complexity index is 955. The number of nitrogens with one attached hydrogen (secondary N) is 3. The van der Waals surface area contributed by atoms with E-state index < -0.39 is 30.1 Å². The summed E-state index contributed by atoms with van der Waals surface area (Å²) in [6, 6.07) is 17.5. The van der Waals surface area contributed by atoms with E-state index in [0.29, 0.717) is 19.4 Å². The molecule has 0 unspecified atom stereocenters. The number of alkyl carbamates (subject to hydrolysis) is 2. The zero-order chi connectivity index (χ0) is 26.0. The fourth-order valence-electron chi connectivity index (χ4n) is 3.11. The van der Waals surface area contributed by atoms with Gasteiger partial charge in [0, 0.05) is 6.54 Å². The Labute approximate surface area is 210 Å². The predicted molar refractivity (Wildman–Crippen MR) is 132 cm³/mol. The average Bonchev–Trinajstić information content (AvgIpc) is 2.90. The average molecular weight is 500 g/mol. The molecule has 194 valence electrons. The molecular formula is C26H33N3O7. The molecule has 3 N–H and O–H groups in total. The molecule has 10 heteroatoms. The molecule has 2 aromatic carbocycles. The Hall–Kier alpha value is -4.08. The lowest BCUT2D eigenvalue weighted by molar-refractivity contribution is -0.143. The number of ether oxygens (including phenoxy) is 3. The molecule has 0 spiro atoms. The van der Waals surface area contributed by atoms with Gasteiger partial charge in [0.1, 0.15) is 25.8 Å². The lowest BCUT2D eigenvalue weighted by Crippen LogP contribution is -2.48. The SMILES string of the molecule is CCOC(=O)CNC(=O)[C@H](CCCCNC(=O)OCc1ccccc1)NC(=O)OCc1ccccc1. The van der Waals surface area contributed by atoms with Crippen molar-refractivity contribution in [3.05, 3.63) is 71.8 Å². The summed E-state index contributed by atoms with van der Waals surface area (Å²) in [5, 5.41) is 7.66. The minimum absolute atomic E-state index is 0.0544. The van der Waals surface area contributed by atoms with E-state index in [1.165, 1.54) is 0 Å². The summed E-state index contributed by atoms with van der Waals surface area (Å²) in [5.74, 6) is -1.11. The molecule has 1 atom stereocenters. The van der Waals surface area contributed by atoms with Crippen LogP contribution in [0.4, 0.5) is 9.59 Å². The van der Waals surface area contributed by atoms with Gasteiger partial charge in [-0.2, -0.15) is 0 Å². The van der Waals surface area contributed by atoms with Gasteiger partial charge in [-0.25, -0.2) is 9.59 Å². The van der Waals surface area contributed by atoms with Crippen molar-refractivity contribution in [2.45, 2.75) is 45.4 Å². The number of carbonyl (C=O) groups is 4. The van der Waals surface area contributed by atoms with Crippen LogP contribution in [0.5, 0.6) is 0 Å². The largest absolute Gasteiger partial charge is 0.465 e. The number of hydrogen-bond donors (Lipinski definition) is 3. The van der Waals surface area contributed by atoms with Crippen LogP contribution in [-0.4, -0.2) is 49.8 Å². The maximum atomic E-state index is 12.6. The number of benzene rings is 2. The van der Waals surface area contributed by atoms with E-state index in [1.54, 1.807) is 6.92 Å². The molecule has 0 aromatic heterocycles. The quantitative estimate of drug-likeness (QED) is 0.207. The van der Waals surface area contributed by atoms with Gasteiger partial charge in [0.2, 0.25) is 5.91 Å². The normalized spacial score (nSPS) is 11.0. The molecular weight excluding hydrogens is 466 g/mol. The fourth-order valence-corrected chi connectivity index (χ4v) is 3.11. The highest BCUT2D eigenvalue weighted by atomic mass is 16.6. The highest BCUT2D eigenvalue weighted by Gasteiger charge is 2.22. The Balaban J connectivity index is 1.75. The molecule has 2 rings (SSSR count). The van der Waals surface area contributed by atoms with Crippen LogP contribution in [0.25, 0.3) is 0 Å². The van der Waals surface area contributed by atoms with Crippen molar-refractivity contribution in [1.29, 1.82) is 0 Å². The lowest BCUT2D eigenvalue weighted by Gasteiger charge is -2.18. The number of hydrogen-bond acceptors (Lipinski definition) is 7. The first kappa shape index (κ1) is 28.2. The third-order valence-electron chi connectivity index (χ3n) is 4.94. The maximum absolute atomic E-state index is 12.6. The molecule has 0 radical (unpaired) electrons. The van der Waals surface area contributed by atoms with E-state index in [9.17, 15) is 19.2 Å². The molecule has 0 aliphatic rings. The monoisotopic (exact) mass is 499 g/mol. The first-order chi connectivity index (χ1) is 17.5. The Morgan fingerprint density at radius 2 is 1.33 bits per heavy atom. The topological polar surface area (TPSA) is 132 Å². The molecule has 0 heterocycles. The molecule has 0 saturated heterocycles. The van der Waals surface area contributed by atoms with Gasteiger partial charge in [0.05, 0.1) is 6.61 Å². The molecule has 0 aliphatic carbocycles. The van der Waals surface area contributed by atoms with E-state index in [1.807, 2.05) is 60.7 Å². The molecule has 0 aliphatic heterocycles. The van der Waals surface area contributed by atoms with E-state index >= 15 is 0 Å². The highest BCUT2D eigenvalue weighted by Crippen LogP contribution is 2.05. The standard InChI is InChI=1S/C26H33N3O7/c1-2-34-23(30)17-28-24(31)22(29-26(33)36-19-21-13-7-4-8-14-21)15-9-10-16-27-25(32)35-18-20-11-5-3-6-12-20/h3-8,11-14,22H,2,9-10,15-19H2,1H3,(H,27,32)(H,28,31)(H,29,33)/t22-/m0/s1. The van der Waals surface area contributed by atoms with Gasteiger partial charge in [-0.1, -0.05) is 60.7 Å². The summed E-state index contributed by atoms with van der Waals surface area (Å²) in [5.41, 5.74) is 1.69. The van der Waals surface area contributed by atoms with Crippen molar-refractivity contribution in [1.82, 2.24) is 16.0 Å². The molecule has 0 fully saturated rings. The molecule has 36 heavy (non-hydrogen) atoms. The highest BCUT2D eigenvalue weighted by molar-refractivity contribution is 5.88. The van der Waals surface area contributed by atoms with Crippen LogP contribution in [0, 0.1) is 0 Å². The second kappa shape index (κ2) is 16.5. The van der Waals surface area contributed by atoms with Crippen LogP contribution in [0.3, 0.4) is 0 Å². The van der Waals surface area contributed by atoms with Crippen LogP contribution >= 0.6 is 0 Å². The minimum atomic E-state index is -0.923. The van der Waals surface area contributed by atoms with Crippen molar-refractivity contribution in [3.8, 4) is 0 Å². The number of carbonyl (C=O) groups excluding carboxylic acids is 4. The van der Waals surface area contributed by atoms with Crippen molar-refractivity contribution in [3.63, 3.8) is 0 Å². The second-order valence-electron chi connectivity index (χ2n) is 7.77. The van der Waals surface area contributed by atoms with Crippen LogP contribution in [0.2, 0.25) is 0 Å². The lowest BCUT2D eigenvalue weighted by atomic mass is 10.1. The van der Waals surface area contributed by atoms with E-state index in [2.05, 4.69) is 16.0 Å². The zero-order valence-corrected chi connectivity index (χ0v) is 20.4. The summed E-state index contributed by atoms with van der Waals surface area (Å²) >= 11 is 0. The number of amides is 3. The second-order valence-corrected chi connectivity index (χ2v) is 7.77. The summed E-state index contributed by atoms with van der Waals surface area (Å²) in [6.07, 6.45) is 0.0385. The zero-order valence-electron chi connectivity index (χ0n) is 20.4. The summed E-state index contributed by atoms with van der Waals surface area (Å²) in [7, 11) is 0. The molecule has 2 aromatic rings. The van der Waals surface area contributed by atoms with Crippen LogP contribution in [-0.2, 0) is 37.0 Å². The third kappa shape index (κ3) is 11.9. The van der Waals surface area contributed by atoms with E-state index in [0.717, 1.165) is 11.1 Å². The third-order valence-corrected chi connectivity index (χ3v) is 4.94. The maximum Gasteiger partial charge on any atom is 0.408 e. The Kier molecular flexibility index (Phi) is 12.9. The van der Waals surface area contributed by atoms with Crippen LogP contribution in [0.15, 0.2) is 60.7 Å². The summed E-state index contributed by atoms with van der Waals surface area (Å²) in [4.78, 5) is 48.2.